The van der Waals surface area contributed by atoms with E-state index in [4.69, 9.17) is 16.3 Å². The molecule has 0 N–H and O–H groups in total. The first-order valence-corrected chi connectivity index (χ1v) is 11.2. The van der Waals surface area contributed by atoms with Crippen molar-refractivity contribution in [3.05, 3.63) is 86.6 Å². The van der Waals surface area contributed by atoms with Crippen molar-refractivity contribution < 1.29 is 9.53 Å². The number of carbonyl (C=O) groups is 1. The summed E-state index contributed by atoms with van der Waals surface area (Å²) >= 11 is 7.65. The molecule has 29 heavy (non-hydrogen) atoms. The van der Waals surface area contributed by atoms with E-state index in [1.165, 1.54) is 21.6 Å². The normalized spacial score (nSPS) is 15.6. The maximum Gasteiger partial charge on any atom is 0.261 e. The van der Waals surface area contributed by atoms with Crippen LogP contribution in [0.15, 0.2) is 60.0 Å². The van der Waals surface area contributed by atoms with Crippen LogP contribution in [0.2, 0.25) is 5.02 Å². The van der Waals surface area contributed by atoms with E-state index in [0.717, 1.165) is 19.3 Å². The fourth-order valence-electron chi connectivity index (χ4n) is 3.90. The van der Waals surface area contributed by atoms with Gasteiger partial charge in [-0.2, -0.15) is 0 Å². The molecule has 1 heterocycles. The minimum Gasteiger partial charge on any atom is -0.484 e. The van der Waals surface area contributed by atoms with Crippen molar-refractivity contribution in [3.63, 3.8) is 0 Å². The smallest absolute Gasteiger partial charge is 0.261 e. The highest BCUT2D eigenvalue weighted by molar-refractivity contribution is 7.10. The Kier molecular flexibility index (Phi) is 6.22. The van der Waals surface area contributed by atoms with Crippen LogP contribution in [0.1, 0.15) is 40.5 Å². The maximum absolute atomic E-state index is 13.3. The number of hydrogen-bond donors (Lipinski definition) is 0. The number of nitrogens with zero attached hydrogens (tertiary/aromatic N) is 1. The lowest BCUT2D eigenvalue weighted by Gasteiger charge is -2.36. The average molecular weight is 426 g/mol. The van der Waals surface area contributed by atoms with E-state index in [-0.39, 0.29) is 18.6 Å². The Morgan fingerprint density at radius 3 is 2.72 bits per heavy atom. The first-order chi connectivity index (χ1) is 14.1. The summed E-state index contributed by atoms with van der Waals surface area (Å²) in [6, 6.07) is 17.8. The van der Waals surface area contributed by atoms with Crippen molar-refractivity contribution in [1.29, 1.82) is 0 Å². The number of amides is 1. The zero-order valence-corrected chi connectivity index (χ0v) is 18.0. The quantitative estimate of drug-likeness (QED) is 0.470. The van der Waals surface area contributed by atoms with Crippen LogP contribution in [0.3, 0.4) is 0 Å². The van der Waals surface area contributed by atoms with Gasteiger partial charge in [-0.15, -0.1) is 11.3 Å². The van der Waals surface area contributed by atoms with Gasteiger partial charge in [0, 0.05) is 9.90 Å². The third-order valence-electron chi connectivity index (χ3n) is 5.49. The second kappa shape index (κ2) is 9.02. The van der Waals surface area contributed by atoms with E-state index in [1.807, 2.05) is 4.90 Å². The van der Waals surface area contributed by atoms with E-state index in [0.29, 0.717) is 17.3 Å². The molecule has 0 bridgehead atoms. The van der Waals surface area contributed by atoms with Crippen LogP contribution < -0.4 is 4.74 Å². The van der Waals surface area contributed by atoms with Crippen LogP contribution in [0.4, 0.5) is 0 Å². The highest BCUT2D eigenvalue weighted by Gasteiger charge is 2.30. The zero-order valence-electron chi connectivity index (χ0n) is 16.4. The highest BCUT2D eigenvalue weighted by atomic mass is 35.5. The van der Waals surface area contributed by atoms with Gasteiger partial charge in [0.15, 0.2) is 6.61 Å². The van der Waals surface area contributed by atoms with Gasteiger partial charge in [-0.1, -0.05) is 35.9 Å². The second-order valence-electron chi connectivity index (χ2n) is 7.40. The number of aryl methyl sites for hydroxylation is 2. The summed E-state index contributed by atoms with van der Waals surface area (Å²) in [7, 11) is 0. The van der Waals surface area contributed by atoms with Gasteiger partial charge in [-0.3, -0.25) is 4.79 Å². The summed E-state index contributed by atoms with van der Waals surface area (Å²) in [6.07, 6.45) is 3.15. The molecule has 1 aliphatic rings. The molecule has 3 nitrogen and oxygen atoms in total. The van der Waals surface area contributed by atoms with Gasteiger partial charge >= 0.3 is 0 Å². The van der Waals surface area contributed by atoms with E-state index < -0.39 is 0 Å². The zero-order chi connectivity index (χ0) is 20.2. The molecule has 4 rings (SSSR count). The highest BCUT2D eigenvalue weighted by Crippen LogP contribution is 2.36. The van der Waals surface area contributed by atoms with Gasteiger partial charge in [0.25, 0.3) is 5.91 Å². The Bertz CT molecular complexity index is 983. The predicted molar refractivity (Wildman–Crippen MR) is 119 cm³/mol. The number of ether oxygens (including phenoxy) is 1. The van der Waals surface area contributed by atoms with E-state index in [1.54, 1.807) is 35.6 Å². The molecule has 0 fully saturated rings. The first kappa shape index (κ1) is 20.0. The van der Waals surface area contributed by atoms with E-state index in [2.05, 4.69) is 42.6 Å². The summed E-state index contributed by atoms with van der Waals surface area (Å²) in [5.41, 5.74) is 3.85. The van der Waals surface area contributed by atoms with Crippen molar-refractivity contribution in [2.75, 3.05) is 6.61 Å². The van der Waals surface area contributed by atoms with Crippen molar-refractivity contribution in [2.45, 2.75) is 38.8 Å². The fraction of sp³-hybridized carbons (Fsp3) is 0.292. The SMILES string of the molecule is Cc1ccsc1CN(C(=O)COc1ccc(Cl)cc1)C1CCCc2ccccc21. The number of hydrogen-bond acceptors (Lipinski definition) is 3. The Balaban J connectivity index is 1.57. The van der Waals surface area contributed by atoms with Gasteiger partial charge in [-0.25, -0.2) is 0 Å². The second-order valence-corrected chi connectivity index (χ2v) is 8.83. The maximum atomic E-state index is 13.3. The van der Waals surface area contributed by atoms with Crippen molar-refractivity contribution >= 4 is 28.8 Å². The lowest BCUT2D eigenvalue weighted by Crippen LogP contribution is -2.39. The van der Waals surface area contributed by atoms with Crippen LogP contribution in [0.25, 0.3) is 0 Å². The third-order valence-corrected chi connectivity index (χ3v) is 6.75. The standard InChI is InChI=1S/C24H24ClNO2S/c1-17-13-14-29-23(17)15-26(22-8-4-6-18-5-2-3-7-21(18)22)24(27)16-28-20-11-9-19(25)10-12-20/h2-3,5,7,9-14,22H,4,6,8,15-16H2,1H3. The predicted octanol–water partition coefficient (Wildman–Crippen LogP) is 6.20. The summed E-state index contributed by atoms with van der Waals surface area (Å²) in [5.74, 6) is 0.661. The van der Waals surface area contributed by atoms with Crippen molar-refractivity contribution in [1.82, 2.24) is 4.90 Å². The topological polar surface area (TPSA) is 29.5 Å². The van der Waals surface area contributed by atoms with Gasteiger partial charge in [0.2, 0.25) is 0 Å². The third kappa shape index (κ3) is 4.65. The summed E-state index contributed by atoms with van der Waals surface area (Å²) in [6.45, 7) is 2.74. The van der Waals surface area contributed by atoms with Crippen LogP contribution in [0.5, 0.6) is 5.75 Å². The number of rotatable bonds is 6. The molecular formula is C24H24ClNO2S. The monoisotopic (exact) mass is 425 g/mol. The van der Waals surface area contributed by atoms with Crippen LogP contribution in [-0.4, -0.2) is 17.4 Å². The lowest BCUT2D eigenvalue weighted by molar-refractivity contribution is -0.137. The molecule has 1 aliphatic carbocycles. The number of fused-ring (bicyclic) bond motifs is 1. The van der Waals surface area contributed by atoms with Crippen LogP contribution in [-0.2, 0) is 17.8 Å². The molecular weight excluding hydrogens is 402 g/mol. The van der Waals surface area contributed by atoms with Crippen molar-refractivity contribution in [2.24, 2.45) is 0 Å². The van der Waals surface area contributed by atoms with Gasteiger partial charge in [0.1, 0.15) is 5.75 Å². The molecule has 3 aromatic rings. The van der Waals surface area contributed by atoms with E-state index in [9.17, 15) is 4.79 Å². The number of halogens is 1. The first-order valence-electron chi connectivity index (χ1n) is 9.90. The largest absolute Gasteiger partial charge is 0.484 e. The van der Waals surface area contributed by atoms with Gasteiger partial charge in [-0.05, 0) is 78.6 Å². The molecule has 1 atom stereocenters. The average Bonchev–Trinajstić information content (AvgIpc) is 3.15. The fourth-order valence-corrected chi connectivity index (χ4v) is 4.93. The number of benzene rings is 2. The molecule has 150 valence electrons. The summed E-state index contributed by atoms with van der Waals surface area (Å²) in [5, 5.41) is 2.74. The molecule has 0 spiro atoms. The lowest BCUT2D eigenvalue weighted by atomic mass is 9.86. The molecule has 0 saturated heterocycles. The van der Waals surface area contributed by atoms with Crippen molar-refractivity contribution in [3.8, 4) is 5.75 Å². The van der Waals surface area contributed by atoms with Gasteiger partial charge < -0.3 is 9.64 Å². The van der Waals surface area contributed by atoms with Crippen LogP contribution >= 0.6 is 22.9 Å². The molecule has 5 heteroatoms. The summed E-state index contributed by atoms with van der Waals surface area (Å²) < 4.78 is 5.79. The van der Waals surface area contributed by atoms with Gasteiger partial charge in [0.05, 0.1) is 12.6 Å². The number of carbonyl (C=O) groups excluding carboxylic acids is 1. The minimum atomic E-state index is 0.00875. The molecule has 1 aromatic heterocycles. The van der Waals surface area contributed by atoms with Crippen LogP contribution in [0, 0.1) is 6.92 Å². The Morgan fingerprint density at radius 2 is 1.97 bits per heavy atom. The molecule has 0 aliphatic heterocycles. The number of thiophene rings is 1. The minimum absolute atomic E-state index is 0.00875. The molecule has 1 amide bonds. The Labute approximate surface area is 180 Å². The molecule has 0 saturated carbocycles. The molecule has 1 unspecified atom stereocenters. The summed E-state index contributed by atoms with van der Waals surface area (Å²) in [4.78, 5) is 16.5. The molecule has 0 radical (unpaired) electrons. The Hall–Kier alpha value is -2.30. The van der Waals surface area contributed by atoms with E-state index >= 15 is 0 Å². The molecule has 2 aromatic carbocycles. The Morgan fingerprint density at radius 1 is 1.17 bits per heavy atom.